The lowest BCUT2D eigenvalue weighted by Gasteiger charge is -2.45. The van der Waals surface area contributed by atoms with E-state index in [1.807, 2.05) is 6.07 Å². The van der Waals surface area contributed by atoms with E-state index in [1.54, 1.807) is 12.1 Å². The van der Waals surface area contributed by atoms with Crippen LogP contribution < -0.4 is 0 Å². The summed E-state index contributed by atoms with van der Waals surface area (Å²) in [5, 5.41) is 32.4. The lowest BCUT2D eigenvalue weighted by molar-refractivity contribution is -0.538. The highest BCUT2D eigenvalue weighted by Crippen LogP contribution is 2.54. The van der Waals surface area contributed by atoms with Gasteiger partial charge in [0.25, 0.3) is 0 Å². The zero-order chi connectivity index (χ0) is 22.8. The molecule has 1 N–H and O–H groups in total. The van der Waals surface area contributed by atoms with Crippen LogP contribution in [-0.2, 0) is 19.1 Å². The molecule has 0 unspecified atom stereocenters. The Kier molecular flexibility index (Phi) is 6.08. The molecular formula is C21H20N2O8. The molecule has 4 atom stereocenters. The van der Waals surface area contributed by atoms with Crippen molar-refractivity contribution in [1.29, 1.82) is 5.26 Å². The monoisotopic (exact) mass is 428 g/mol. The van der Waals surface area contributed by atoms with E-state index in [0.29, 0.717) is 11.1 Å². The maximum atomic E-state index is 12.9. The van der Waals surface area contributed by atoms with Crippen molar-refractivity contribution in [3.8, 4) is 6.07 Å². The standard InChI is InChI=1S/C21H20N2O8/c1-29-19(25)21(20(26)30-2)16(24)10-14(13-7-5-12(11-22)6-8-13)18(23(27)28)17(21)15-4-3-9-31-15/h3-9,14,16-18,24H,10H2,1-2H3/t14-,16+,17-,18+/m0/s1. The summed E-state index contributed by atoms with van der Waals surface area (Å²) in [5.74, 6) is -4.75. The van der Waals surface area contributed by atoms with Gasteiger partial charge < -0.3 is 19.0 Å². The summed E-state index contributed by atoms with van der Waals surface area (Å²) in [5.41, 5.74) is -1.57. The number of hydrogen-bond donors (Lipinski definition) is 1. The zero-order valence-electron chi connectivity index (χ0n) is 16.8. The highest BCUT2D eigenvalue weighted by molar-refractivity contribution is 6.02. The fourth-order valence-corrected chi connectivity index (χ4v) is 4.49. The van der Waals surface area contributed by atoms with Gasteiger partial charge in [-0.2, -0.15) is 5.26 Å². The van der Waals surface area contributed by atoms with Crippen LogP contribution in [0.2, 0.25) is 0 Å². The Balaban J connectivity index is 2.27. The number of carbonyl (C=O) groups is 2. The van der Waals surface area contributed by atoms with Gasteiger partial charge in [0.2, 0.25) is 11.5 Å². The highest BCUT2D eigenvalue weighted by atomic mass is 16.6. The van der Waals surface area contributed by atoms with Crippen molar-refractivity contribution < 1.29 is 33.5 Å². The van der Waals surface area contributed by atoms with Crippen LogP contribution in [0.4, 0.5) is 0 Å². The van der Waals surface area contributed by atoms with Gasteiger partial charge in [-0.1, -0.05) is 12.1 Å². The molecule has 31 heavy (non-hydrogen) atoms. The molecule has 162 valence electrons. The maximum absolute atomic E-state index is 12.9. The molecule has 1 fully saturated rings. The fourth-order valence-electron chi connectivity index (χ4n) is 4.49. The second kappa shape index (κ2) is 8.57. The topological polar surface area (TPSA) is 153 Å². The molecule has 1 aromatic carbocycles. The molecule has 0 aliphatic heterocycles. The van der Waals surface area contributed by atoms with E-state index in [-0.39, 0.29) is 12.2 Å². The van der Waals surface area contributed by atoms with Gasteiger partial charge in [-0.05, 0) is 36.2 Å². The number of benzene rings is 1. The van der Waals surface area contributed by atoms with E-state index in [1.165, 1.54) is 30.5 Å². The molecule has 0 bridgehead atoms. The summed E-state index contributed by atoms with van der Waals surface area (Å²) in [7, 11) is 2.04. The largest absolute Gasteiger partial charge is 0.469 e. The van der Waals surface area contributed by atoms with E-state index in [0.717, 1.165) is 14.2 Å². The van der Waals surface area contributed by atoms with Crippen LogP contribution in [0.1, 0.15) is 35.1 Å². The predicted molar refractivity (Wildman–Crippen MR) is 103 cm³/mol. The minimum atomic E-state index is -2.40. The lowest BCUT2D eigenvalue weighted by atomic mass is 9.57. The minimum absolute atomic E-state index is 0.0325. The van der Waals surface area contributed by atoms with E-state index in [4.69, 9.17) is 19.2 Å². The van der Waals surface area contributed by atoms with Crippen molar-refractivity contribution in [2.45, 2.75) is 30.4 Å². The van der Waals surface area contributed by atoms with Crippen LogP contribution in [-0.4, -0.2) is 48.3 Å². The first-order valence-electron chi connectivity index (χ1n) is 9.34. The number of hydrogen-bond acceptors (Lipinski definition) is 9. The van der Waals surface area contributed by atoms with Crippen molar-refractivity contribution in [2.75, 3.05) is 14.2 Å². The van der Waals surface area contributed by atoms with Gasteiger partial charge in [0.1, 0.15) is 11.7 Å². The third kappa shape index (κ3) is 3.43. The second-order valence-electron chi connectivity index (χ2n) is 7.21. The molecule has 1 saturated carbocycles. The number of methoxy groups -OCH3 is 2. The molecule has 0 spiro atoms. The normalized spacial score (nSPS) is 24.6. The first-order valence-corrected chi connectivity index (χ1v) is 9.34. The Morgan fingerprint density at radius 1 is 1.23 bits per heavy atom. The van der Waals surface area contributed by atoms with Crippen LogP contribution in [0, 0.1) is 26.9 Å². The van der Waals surface area contributed by atoms with Gasteiger partial charge in [0.05, 0.1) is 44.1 Å². The molecule has 1 aromatic heterocycles. The van der Waals surface area contributed by atoms with E-state index in [9.17, 15) is 24.8 Å². The number of nitro groups is 1. The maximum Gasteiger partial charge on any atom is 0.326 e. The molecule has 2 aromatic rings. The number of furan rings is 1. The molecule has 0 saturated heterocycles. The van der Waals surface area contributed by atoms with Gasteiger partial charge in [0, 0.05) is 4.92 Å². The van der Waals surface area contributed by atoms with Gasteiger partial charge in [-0.25, -0.2) is 0 Å². The van der Waals surface area contributed by atoms with Gasteiger partial charge in [-0.3, -0.25) is 19.7 Å². The van der Waals surface area contributed by atoms with Crippen LogP contribution in [0.15, 0.2) is 47.1 Å². The Hall–Kier alpha value is -3.71. The first-order chi connectivity index (χ1) is 14.8. The zero-order valence-corrected chi connectivity index (χ0v) is 16.8. The molecule has 1 heterocycles. The fraction of sp³-hybridized carbons (Fsp3) is 0.381. The molecule has 10 nitrogen and oxygen atoms in total. The van der Waals surface area contributed by atoms with Crippen molar-refractivity contribution in [1.82, 2.24) is 0 Å². The second-order valence-corrected chi connectivity index (χ2v) is 7.21. The quantitative estimate of drug-likeness (QED) is 0.325. The van der Waals surface area contributed by atoms with Gasteiger partial charge in [0.15, 0.2) is 0 Å². The third-order valence-electron chi connectivity index (χ3n) is 5.85. The Bertz CT molecular complexity index is 993. The first kappa shape index (κ1) is 22.0. The third-order valence-corrected chi connectivity index (χ3v) is 5.85. The van der Waals surface area contributed by atoms with Crippen LogP contribution in [0.3, 0.4) is 0 Å². The average Bonchev–Trinajstić information content (AvgIpc) is 3.31. The van der Waals surface area contributed by atoms with Gasteiger partial charge in [-0.15, -0.1) is 0 Å². The molecule has 1 aliphatic rings. The number of nitrogens with zero attached hydrogens (tertiary/aromatic N) is 2. The number of rotatable bonds is 5. The minimum Gasteiger partial charge on any atom is -0.469 e. The summed E-state index contributed by atoms with van der Waals surface area (Å²) < 4.78 is 15.0. The summed E-state index contributed by atoms with van der Waals surface area (Å²) in [4.78, 5) is 37.5. The van der Waals surface area contributed by atoms with E-state index < -0.39 is 46.3 Å². The molecule has 3 rings (SSSR count). The molecule has 10 heteroatoms. The van der Waals surface area contributed by atoms with Crippen LogP contribution in [0.5, 0.6) is 0 Å². The number of carbonyl (C=O) groups excluding carboxylic acids is 2. The smallest absolute Gasteiger partial charge is 0.326 e. The number of nitriles is 1. The van der Waals surface area contributed by atoms with E-state index >= 15 is 0 Å². The van der Waals surface area contributed by atoms with Crippen LogP contribution in [0.25, 0.3) is 0 Å². The number of esters is 2. The SMILES string of the molecule is COC(=O)C1(C(=O)OC)[C@H](O)C[C@@H](c2ccc(C#N)cc2)[C@@H]([N+](=O)[O-])[C@@H]1c1ccco1. The van der Waals surface area contributed by atoms with Crippen molar-refractivity contribution in [2.24, 2.45) is 5.41 Å². The summed E-state index contributed by atoms with van der Waals surface area (Å²) in [6, 6.07) is 9.39. The van der Waals surface area contributed by atoms with Crippen molar-refractivity contribution in [3.63, 3.8) is 0 Å². The number of aliphatic hydroxyl groups is 1. The van der Waals surface area contributed by atoms with E-state index in [2.05, 4.69) is 0 Å². The van der Waals surface area contributed by atoms with Crippen LogP contribution >= 0.6 is 0 Å². The highest BCUT2D eigenvalue weighted by Gasteiger charge is 2.70. The summed E-state index contributed by atoms with van der Waals surface area (Å²) in [6.45, 7) is 0. The lowest BCUT2D eigenvalue weighted by Crippen LogP contribution is -2.62. The van der Waals surface area contributed by atoms with Crippen molar-refractivity contribution >= 4 is 11.9 Å². The Morgan fingerprint density at radius 3 is 2.29 bits per heavy atom. The van der Waals surface area contributed by atoms with Gasteiger partial charge >= 0.3 is 11.9 Å². The number of ether oxygens (including phenoxy) is 2. The predicted octanol–water partition coefficient (Wildman–Crippen LogP) is 1.76. The molecule has 0 radical (unpaired) electrons. The average molecular weight is 428 g/mol. The molecule has 1 aliphatic carbocycles. The molecular weight excluding hydrogens is 408 g/mol. The molecule has 0 amide bonds. The van der Waals surface area contributed by atoms with Crippen molar-refractivity contribution in [3.05, 3.63) is 69.7 Å². The summed E-state index contributed by atoms with van der Waals surface area (Å²) >= 11 is 0. The number of aliphatic hydroxyl groups excluding tert-OH is 1. The Morgan fingerprint density at radius 2 is 1.84 bits per heavy atom. The Labute approximate surface area is 177 Å². The summed E-state index contributed by atoms with van der Waals surface area (Å²) in [6.07, 6.45) is -0.707.